The number of carbonyl (C=O) groups excluding carboxylic acids is 2. The van der Waals surface area contributed by atoms with Crippen LogP contribution in [0.3, 0.4) is 0 Å². The molecule has 5 nitrogen and oxygen atoms in total. The first-order valence-electron chi connectivity index (χ1n) is 8.80. The zero-order valence-corrected chi connectivity index (χ0v) is 15.6. The Morgan fingerprint density at radius 1 is 1.23 bits per heavy atom. The van der Waals surface area contributed by atoms with Crippen LogP contribution in [0, 0.1) is 6.92 Å². The molecular formula is C21H24N2O3. The zero-order chi connectivity index (χ0) is 18.8. The summed E-state index contributed by atoms with van der Waals surface area (Å²) < 4.78 is 5.88. The highest BCUT2D eigenvalue weighted by Gasteiger charge is 2.38. The van der Waals surface area contributed by atoms with E-state index in [1.54, 1.807) is 4.90 Å². The topological polar surface area (TPSA) is 58.6 Å². The largest absolute Gasteiger partial charge is 0.491 e. The summed E-state index contributed by atoms with van der Waals surface area (Å²) in [4.78, 5) is 26.3. The maximum Gasteiger partial charge on any atom is 0.254 e. The molecule has 1 aliphatic heterocycles. The minimum Gasteiger partial charge on any atom is -0.491 e. The molecule has 2 aromatic rings. The van der Waals surface area contributed by atoms with Crippen molar-refractivity contribution in [3.05, 3.63) is 59.2 Å². The predicted octanol–water partition coefficient (Wildman–Crippen LogP) is 3.51. The third kappa shape index (κ3) is 3.57. The van der Waals surface area contributed by atoms with Crippen molar-refractivity contribution in [3.63, 3.8) is 0 Å². The van der Waals surface area contributed by atoms with Gasteiger partial charge in [-0.25, -0.2) is 0 Å². The highest BCUT2D eigenvalue weighted by molar-refractivity contribution is 6.06. The van der Waals surface area contributed by atoms with E-state index < -0.39 is 6.04 Å². The van der Waals surface area contributed by atoms with Gasteiger partial charge in [-0.05, 0) is 32.9 Å². The lowest BCUT2D eigenvalue weighted by atomic mass is 10.1. The Kier molecular flexibility index (Phi) is 4.98. The van der Waals surface area contributed by atoms with Gasteiger partial charge in [0.05, 0.1) is 12.6 Å². The Labute approximate surface area is 154 Å². The van der Waals surface area contributed by atoms with Crippen molar-refractivity contribution in [1.29, 1.82) is 0 Å². The Bertz CT molecular complexity index is 845. The minimum atomic E-state index is -0.638. The molecule has 1 aliphatic rings. The molecule has 2 aromatic carbocycles. The van der Waals surface area contributed by atoms with Gasteiger partial charge in [0.15, 0.2) is 0 Å². The van der Waals surface area contributed by atoms with Gasteiger partial charge in [0.1, 0.15) is 11.8 Å². The summed E-state index contributed by atoms with van der Waals surface area (Å²) in [7, 11) is 0. The summed E-state index contributed by atoms with van der Waals surface area (Å²) in [5, 5.41) is 2.78. The SMILES string of the molecule is CC(=O)NC1C(=O)N(Cc2ccccc2OC(C)C)c2ccc(C)cc21. The fraction of sp³-hybridized carbons (Fsp3) is 0.333. The maximum absolute atomic E-state index is 13.0. The standard InChI is InChI=1S/C21H24N2O3/c1-13(2)26-19-8-6-5-7-16(19)12-23-18-10-9-14(3)11-17(18)20(21(23)25)22-15(4)24/h5-11,13,20H,12H2,1-4H3,(H,22,24). The Hall–Kier alpha value is -2.82. The van der Waals surface area contributed by atoms with Crippen molar-refractivity contribution in [2.75, 3.05) is 4.90 Å². The van der Waals surface area contributed by atoms with E-state index in [1.807, 2.05) is 63.2 Å². The van der Waals surface area contributed by atoms with Crippen LogP contribution in [0.5, 0.6) is 5.75 Å². The molecule has 0 radical (unpaired) electrons. The van der Waals surface area contributed by atoms with Gasteiger partial charge in [0.25, 0.3) is 5.91 Å². The van der Waals surface area contributed by atoms with Crippen molar-refractivity contribution in [2.24, 2.45) is 0 Å². The quantitative estimate of drug-likeness (QED) is 0.896. The zero-order valence-electron chi connectivity index (χ0n) is 15.6. The molecule has 1 N–H and O–H groups in total. The molecule has 136 valence electrons. The molecule has 1 atom stereocenters. The lowest BCUT2D eigenvalue weighted by Crippen LogP contribution is -2.36. The van der Waals surface area contributed by atoms with E-state index >= 15 is 0 Å². The number of aryl methyl sites for hydroxylation is 1. The van der Waals surface area contributed by atoms with E-state index in [0.717, 1.165) is 28.1 Å². The second-order valence-corrected chi connectivity index (χ2v) is 6.89. The number of nitrogens with one attached hydrogen (secondary N) is 1. The number of amides is 2. The van der Waals surface area contributed by atoms with E-state index in [-0.39, 0.29) is 17.9 Å². The van der Waals surface area contributed by atoms with Crippen LogP contribution in [0.2, 0.25) is 0 Å². The summed E-state index contributed by atoms with van der Waals surface area (Å²) in [5.41, 5.74) is 3.66. The predicted molar refractivity (Wildman–Crippen MR) is 101 cm³/mol. The molecular weight excluding hydrogens is 328 g/mol. The second kappa shape index (κ2) is 7.20. The van der Waals surface area contributed by atoms with Crippen LogP contribution in [0.25, 0.3) is 0 Å². The van der Waals surface area contributed by atoms with Gasteiger partial charge >= 0.3 is 0 Å². The van der Waals surface area contributed by atoms with Crippen molar-refractivity contribution in [1.82, 2.24) is 5.32 Å². The Morgan fingerprint density at radius 3 is 2.65 bits per heavy atom. The van der Waals surface area contributed by atoms with E-state index in [4.69, 9.17) is 4.74 Å². The number of fused-ring (bicyclic) bond motifs is 1. The fourth-order valence-corrected chi connectivity index (χ4v) is 3.24. The van der Waals surface area contributed by atoms with E-state index in [9.17, 15) is 9.59 Å². The molecule has 3 rings (SSSR count). The number of nitrogens with zero attached hydrogens (tertiary/aromatic N) is 1. The van der Waals surface area contributed by atoms with Crippen LogP contribution in [-0.4, -0.2) is 17.9 Å². The van der Waals surface area contributed by atoms with Gasteiger partial charge in [-0.15, -0.1) is 0 Å². The van der Waals surface area contributed by atoms with Crippen molar-refractivity contribution in [3.8, 4) is 5.75 Å². The van der Waals surface area contributed by atoms with Crippen molar-refractivity contribution in [2.45, 2.75) is 46.4 Å². The third-order valence-electron chi connectivity index (χ3n) is 4.31. The third-order valence-corrected chi connectivity index (χ3v) is 4.31. The van der Waals surface area contributed by atoms with E-state index in [1.165, 1.54) is 6.92 Å². The van der Waals surface area contributed by atoms with Crippen molar-refractivity contribution >= 4 is 17.5 Å². The van der Waals surface area contributed by atoms with Gasteiger partial charge in [-0.3, -0.25) is 9.59 Å². The molecule has 5 heteroatoms. The normalized spacial score (nSPS) is 16.0. The molecule has 0 spiro atoms. The number of hydrogen-bond acceptors (Lipinski definition) is 3. The molecule has 0 aliphatic carbocycles. The fourth-order valence-electron chi connectivity index (χ4n) is 3.24. The van der Waals surface area contributed by atoms with Crippen molar-refractivity contribution < 1.29 is 14.3 Å². The maximum atomic E-state index is 13.0. The number of carbonyl (C=O) groups is 2. The summed E-state index contributed by atoms with van der Waals surface area (Å²) in [6.07, 6.45) is 0.0486. The average molecular weight is 352 g/mol. The lowest BCUT2D eigenvalue weighted by Gasteiger charge is -2.21. The first kappa shape index (κ1) is 18.0. The summed E-state index contributed by atoms with van der Waals surface area (Å²) >= 11 is 0. The van der Waals surface area contributed by atoms with Crippen LogP contribution < -0.4 is 15.0 Å². The van der Waals surface area contributed by atoms with Gasteiger partial charge in [-0.1, -0.05) is 35.9 Å². The van der Waals surface area contributed by atoms with Crippen LogP contribution in [-0.2, 0) is 16.1 Å². The highest BCUT2D eigenvalue weighted by Crippen LogP contribution is 2.38. The minimum absolute atomic E-state index is 0.0486. The van der Waals surface area contributed by atoms with Gasteiger partial charge in [-0.2, -0.15) is 0 Å². The Morgan fingerprint density at radius 2 is 1.96 bits per heavy atom. The van der Waals surface area contributed by atoms with Crippen LogP contribution in [0.15, 0.2) is 42.5 Å². The van der Waals surface area contributed by atoms with Crippen LogP contribution >= 0.6 is 0 Å². The molecule has 1 heterocycles. The highest BCUT2D eigenvalue weighted by atomic mass is 16.5. The summed E-state index contributed by atoms with van der Waals surface area (Å²) in [5.74, 6) is 0.424. The molecule has 0 fully saturated rings. The molecule has 2 amide bonds. The number of ether oxygens (including phenoxy) is 1. The van der Waals surface area contributed by atoms with Gasteiger partial charge in [0, 0.05) is 23.7 Å². The number of anilines is 1. The number of rotatable bonds is 5. The monoisotopic (exact) mass is 352 g/mol. The summed E-state index contributed by atoms with van der Waals surface area (Å²) in [6.45, 7) is 7.75. The molecule has 0 saturated carbocycles. The second-order valence-electron chi connectivity index (χ2n) is 6.89. The van der Waals surface area contributed by atoms with Crippen LogP contribution in [0.4, 0.5) is 5.69 Å². The van der Waals surface area contributed by atoms with E-state index in [0.29, 0.717) is 6.54 Å². The molecule has 0 aromatic heterocycles. The van der Waals surface area contributed by atoms with Gasteiger partial charge in [0.2, 0.25) is 5.91 Å². The van der Waals surface area contributed by atoms with E-state index in [2.05, 4.69) is 5.32 Å². The molecule has 0 saturated heterocycles. The molecule has 1 unspecified atom stereocenters. The molecule has 26 heavy (non-hydrogen) atoms. The number of benzene rings is 2. The molecule has 0 bridgehead atoms. The number of hydrogen-bond donors (Lipinski definition) is 1. The van der Waals surface area contributed by atoms with Gasteiger partial charge < -0.3 is 15.0 Å². The smallest absolute Gasteiger partial charge is 0.254 e. The number of para-hydroxylation sites is 1. The average Bonchev–Trinajstić information content (AvgIpc) is 2.81. The van der Waals surface area contributed by atoms with Crippen LogP contribution in [0.1, 0.15) is 43.5 Å². The first-order valence-corrected chi connectivity index (χ1v) is 8.80. The summed E-state index contributed by atoms with van der Waals surface area (Å²) in [6, 6.07) is 13.0. The Balaban J connectivity index is 1.97. The first-order chi connectivity index (χ1) is 12.4. The lowest BCUT2D eigenvalue weighted by molar-refractivity contribution is -0.126.